The molecule has 0 aromatic carbocycles. The molecule has 2 saturated heterocycles. The van der Waals surface area contributed by atoms with Gasteiger partial charge in [-0.05, 0) is 31.4 Å². The van der Waals surface area contributed by atoms with Gasteiger partial charge in [0.15, 0.2) is 0 Å². The summed E-state index contributed by atoms with van der Waals surface area (Å²) in [5.74, 6) is 0.352. The molecule has 3 rings (SSSR count). The second-order valence-electron chi connectivity index (χ2n) is 5.49. The zero-order valence-electron chi connectivity index (χ0n) is 14.9. The maximum Gasteiger partial charge on any atom is 0.222 e. The van der Waals surface area contributed by atoms with Gasteiger partial charge in [-0.25, -0.2) is 0 Å². The largest absolute Gasteiger partial charge is 0.372 e. The second kappa shape index (κ2) is 9.67. The number of allylic oxidation sites excluding steroid dienone is 2. The van der Waals surface area contributed by atoms with E-state index < -0.39 is 0 Å². The summed E-state index contributed by atoms with van der Waals surface area (Å²) in [5.41, 5.74) is 1.26. The third-order valence-corrected chi connectivity index (χ3v) is 4.16. The van der Waals surface area contributed by atoms with Crippen LogP contribution in [0.1, 0.15) is 53.9 Å². The van der Waals surface area contributed by atoms with Gasteiger partial charge in [-0.2, -0.15) is 0 Å². The Morgan fingerprint density at radius 1 is 1.18 bits per heavy atom. The van der Waals surface area contributed by atoms with E-state index in [1.54, 1.807) is 0 Å². The number of nitrogens with zero attached hydrogens (tertiary/aromatic N) is 2. The number of amides is 1. The molecular weight excluding hydrogens is 274 g/mol. The van der Waals surface area contributed by atoms with Gasteiger partial charge in [0.05, 0.1) is 6.17 Å². The first kappa shape index (κ1) is 18.8. The van der Waals surface area contributed by atoms with E-state index in [0.29, 0.717) is 18.1 Å². The highest BCUT2D eigenvalue weighted by molar-refractivity contribution is 5.78. The number of nitrogens with one attached hydrogen (secondary N) is 1. The first-order valence-corrected chi connectivity index (χ1v) is 8.88. The zero-order valence-corrected chi connectivity index (χ0v) is 14.9. The van der Waals surface area contributed by atoms with Crippen molar-refractivity contribution in [3.8, 4) is 0 Å². The molecule has 2 fully saturated rings. The van der Waals surface area contributed by atoms with E-state index in [9.17, 15) is 4.79 Å². The number of rotatable bonds is 2. The van der Waals surface area contributed by atoms with Crippen molar-refractivity contribution in [2.24, 2.45) is 0 Å². The lowest BCUT2D eigenvalue weighted by molar-refractivity contribution is -0.129. The summed E-state index contributed by atoms with van der Waals surface area (Å²) >= 11 is 0. The Labute approximate surface area is 136 Å². The number of carbonyl (C=O) groups excluding carboxylic acids is 1. The monoisotopic (exact) mass is 307 g/mol. The summed E-state index contributed by atoms with van der Waals surface area (Å²) in [7, 11) is 0. The Hall–Kier alpha value is -1.29. The van der Waals surface area contributed by atoms with Crippen LogP contribution in [-0.2, 0) is 4.79 Å². The maximum atomic E-state index is 11.8. The molecule has 1 amide bonds. The molecule has 1 N–H and O–H groups in total. The predicted octanol–water partition coefficient (Wildman–Crippen LogP) is 3.12. The summed E-state index contributed by atoms with van der Waals surface area (Å²) in [4.78, 5) is 16.3. The Balaban J connectivity index is 0.000000561. The Kier molecular flexibility index (Phi) is 8.25. The van der Waals surface area contributed by atoms with Gasteiger partial charge >= 0.3 is 0 Å². The van der Waals surface area contributed by atoms with Crippen LogP contribution in [0.3, 0.4) is 0 Å². The van der Waals surface area contributed by atoms with Crippen LogP contribution in [0.25, 0.3) is 0 Å². The Morgan fingerprint density at radius 3 is 2.45 bits per heavy atom. The zero-order chi connectivity index (χ0) is 16.5. The van der Waals surface area contributed by atoms with Crippen LogP contribution in [-0.4, -0.2) is 47.5 Å². The lowest BCUT2D eigenvalue weighted by atomic mass is 10.2. The smallest absolute Gasteiger partial charge is 0.222 e. The predicted molar refractivity (Wildman–Crippen MR) is 93.4 cm³/mol. The summed E-state index contributed by atoms with van der Waals surface area (Å²) < 4.78 is 0. The molecule has 3 aliphatic rings. The molecule has 22 heavy (non-hydrogen) atoms. The first-order valence-electron chi connectivity index (χ1n) is 8.88. The standard InChI is InChI=1S/C14H21N3O.2C2H6/c1-11-4-5-13(15-9-11)16-8-6-12(10-16)17-7-2-3-14(17)18;2*1-2/h4-5,9,12-13,15H,2-3,6-8,10H2,1H3;2*1-2H3. The summed E-state index contributed by atoms with van der Waals surface area (Å²) in [6.07, 6.45) is 9.65. The Morgan fingerprint density at radius 2 is 1.91 bits per heavy atom. The van der Waals surface area contributed by atoms with E-state index in [2.05, 4.69) is 40.4 Å². The minimum atomic E-state index is 0.302. The van der Waals surface area contributed by atoms with E-state index in [1.807, 2.05) is 27.7 Å². The third kappa shape index (κ3) is 4.60. The van der Waals surface area contributed by atoms with Crippen molar-refractivity contribution in [2.75, 3.05) is 19.6 Å². The second-order valence-corrected chi connectivity index (χ2v) is 5.49. The number of hydrogen-bond acceptors (Lipinski definition) is 3. The molecule has 0 aromatic heterocycles. The summed E-state index contributed by atoms with van der Waals surface area (Å²) in [6.45, 7) is 13.1. The molecule has 4 heteroatoms. The molecule has 0 bridgehead atoms. The van der Waals surface area contributed by atoms with E-state index in [4.69, 9.17) is 0 Å². The van der Waals surface area contributed by atoms with Crippen LogP contribution >= 0.6 is 0 Å². The van der Waals surface area contributed by atoms with E-state index in [0.717, 1.165) is 38.9 Å². The van der Waals surface area contributed by atoms with Crippen LogP contribution in [0.5, 0.6) is 0 Å². The molecule has 2 unspecified atom stereocenters. The molecule has 0 saturated carbocycles. The topological polar surface area (TPSA) is 35.6 Å². The van der Waals surface area contributed by atoms with Crippen LogP contribution < -0.4 is 5.32 Å². The lowest BCUT2D eigenvalue weighted by Gasteiger charge is -2.29. The van der Waals surface area contributed by atoms with Gasteiger partial charge in [0.2, 0.25) is 5.91 Å². The first-order chi connectivity index (χ1) is 10.7. The van der Waals surface area contributed by atoms with Crippen LogP contribution in [0.4, 0.5) is 0 Å². The molecule has 3 heterocycles. The van der Waals surface area contributed by atoms with Crippen molar-refractivity contribution in [1.82, 2.24) is 15.1 Å². The van der Waals surface area contributed by atoms with E-state index >= 15 is 0 Å². The molecule has 0 spiro atoms. The van der Waals surface area contributed by atoms with Gasteiger partial charge in [-0.1, -0.05) is 33.8 Å². The summed E-state index contributed by atoms with van der Waals surface area (Å²) in [6, 6.07) is 0.433. The molecule has 0 aromatic rings. The van der Waals surface area contributed by atoms with Crippen LogP contribution in [0, 0.1) is 0 Å². The van der Waals surface area contributed by atoms with Crippen LogP contribution in [0.15, 0.2) is 23.9 Å². The highest BCUT2D eigenvalue weighted by atomic mass is 16.2. The molecule has 0 aliphatic carbocycles. The Bertz CT molecular complexity index is 403. The number of hydrogen-bond donors (Lipinski definition) is 1. The van der Waals surface area contributed by atoms with Crippen molar-refractivity contribution < 1.29 is 4.79 Å². The fraction of sp³-hybridized carbons (Fsp3) is 0.722. The molecule has 0 radical (unpaired) electrons. The van der Waals surface area contributed by atoms with Gasteiger partial charge in [0.1, 0.15) is 0 Å². The van der Waals surface area contributed by atoms with Gasteiger partial charge < -0.3 is 10.2 Å². The van der Waals surface area contributed by atoms with Gasteiger partial charge in [0, 0.05) is 38.3 Å². The molecule has 3 aliphatic heterocycles. The molecule has 126 valence electrons. The van der Waals surface area contributed by atoms with Gasteiger partial charge in [0.25, 0.3) is 0 Å². The molecule has 2 atom stereocenters. The van der Waals surface area contributed by atoms with Gasteiger partial charge in [-0.3, -0.25) is 9.69 Å². The normalized spacial score (nSPS) is 27.4. The highest BCUT2D eigenvalue weighted by Gasteiger charge is 2.34. The van der Waals surface area contributed by atoms with E-state index in [-0.39, 0.29) is 0 Å². The minimum Gasteiger partial charge on any atom is -0.372 e. The maximum absolute atomic E-state index is 11.8. The van der Waals surface area contributed by atoms with Crippen molar-refractivity contribution in [2.45, 2.75) is 66.1 Å². The number of carbonyl (C=O) groups is 1. The van der Waals surface area contributed by atoms with E-state index in [1.165, 1.54) is 5.57 Å². The number of dihydropyridines is 1. The quantitative estimate of drug-likeness (QED) is 0.851. The lowest BCUT2D eigenvalue weighted by Crippen LogP contribution is -2.44. The van der Waals surface area contributed by atoms with Crippen molar-refractivity contribution in [3.05, 3.63) is 23.9 Å². The summed E-state index contributed by atoms with van der Waals surface area (Å²) in [5, 5.41) is 3.41. The van der Waals surface area contributed by atoms with Crippen molar-refractivity contribution in [3.63, 3.8) is 0 Å². The molecule has 4 nitrogen and oxygen atoms in total. The highest BCUT2D eigenvalue weighted by Crippen LogP contribution is 2.23. The fourth-order valence-corrected chi connectivity index (χ4v) is 3.12. The average molecular weight is 307 g/mol. The minimum absolute atomic E-state index is 0.302. The van der Waals surface area contributed by atoms with Crippen molar-refractivity contribution >= 4 is 5.91 Å². The number of likely N-dealkylation sites (tertiary alicyclic amines) is 2. The fourth-order valence-electron chi connectivity index (χ4n) is 3.12. The van der Waals surface area contributed by atoms with Crippen LogP contribution in [0.2, 0.25) is 0 Å². The SMILES string of the molecule is CC.CC.CC1=CNC(N2CCC(N3CCCC3=O)C2)C=C1. The molecular formula is C18H33N3O. The van der Waals surface area contributed by atoms with Gasteiger partial charge in [-0.15, -0.1) is 0 Å². The van der Waals surface area contributed by atoms with Crippen molar-refractivity contribution in [1.29, 1.82) is 0 Å². The third-order valence-electron chi connectivity index (χ3n) is 4.16. The average Bonchev–Trinajstić information content (AvgIpc) is 3.21.